The second kappa shape index (κ2) is 11.0. The van der Waals surface area contributed by atoms with Crippen molar-refractivity contribution >= 4 is 35.0 Å². The first-order valence-corrected chi connectivity index (χ1v) is 14.0. The van der Waals surface area contributed by atoms with Crippen LogP contribution in [0.4, 0.5) is 11.4 Å². The summed E-state index contributed by atoms with van der Waals surface area (Å²) in [6, 6.07) is 24.9. The van der Waals surface area contributed by atoms with Gasteiger partial charge in [-0.15, -0.1) is 0 Å². The number of fused-ring (bicyclic) bond motifs is 1. The summed E-state index contributed by atoms with van der Waals surface area (Å²) >= 11 is 0. The van der Waals surface area contributed by atoms with Crippen LogP contribution in [0.1, 0.15) is 77.1 Å². The van der Waals surface area contributed by atoms with Gasteiger partial charge >= 0.3 is 0 Å². The third kappa shape index (κ3) is 5.07. The highest BCUT2D eigenvalue weighted by Crippen LogP contribution is 2.31. The third-order valence-corrected chi connectivity index (χ3v) is 8.17. The number of benzene rings is 3. The summed E-state index contributed by atoms with van der Waals surface area (Å²) in [6.07, 6.45) is 1.66. The maximum atomic E-state index is 13.2. The molecule has 0 unspecified atom stereocenters. The third-order valence-electron chi connectivity index (χ3n) is 8.17. The van der Waals surface area contributed by atoms with Gasteiger partial charge in [0.15, 0.2) is 0 Å². The Hall–Kier alpha value is -5.11. The Bertz CT molecular complexity index is 1670. The molecule has 1 aromatic heterocycles. The summed E-state index contributed by atoms with van der Waals surface area (Å²) in [4.78, 5) is 58.7. The number of nitrogens with one attached hydrogen (secondary N) is 1. The molecule has 4 amide bonds. The molecule has 0 atom stereocenters. The molecule has 1 N–H and O–H groups in total. The van der Waals surface area contributed by atoms with Crippen LogP contribution in [0.5, 0.6) is 0 Å². The molecular formula is C34H30N4O4. The van der Waals surface area contributed by atoms with Crippen LogP contribution in [0.15, 0.2) is 84.9 Å². The fourth-order valence-electron chi connectivity index (χ4n) is 5.57. The summed E-state index contributed by atoms with van der Waals surface area (Å²) in [5, 5.41) is 2.91. The van der Waals surface area contributed by atoms with Crippen molar-refractivity contribution in [1.29, 1.82) is 0 Å². The molecule has 210 valence electrons. The average molecular weight is 559 g/mol. The Morgan fingerprint density at radius 1 is 0.786 bits per heavy atom. The first kappa shape index (κ1) is 27.1. The van der Waals surface area contributed by atoms with Crippen molar-refractivity contribution in [2.75, 3.05) is 23.3 Å². The van der Waals surface area contributed by atoms with E-state index in [2.05, 4.69) is 10.3 Å². The maximum Gasteiger partial charge on any atom is 0.274 e. The molecule has 8 nitrogen and oxygen atoms in total. The second-order valence-corrected chi connectivity index (χ2v) is 10.8. The molecule has 4 aromatic rings. The van der Waals surface area contributed by atoms with Crippen LogP contribution in [0, 0.1) is 13.8 Å². The molecule has 2 aliphatic rings. The minimum Gasteiger partial charge on any atom is -0.339 e. The lowest BCUT2D eigenvalue weighted by molar-refractivity contribution is 0.0712. The Kier molecular flexibility index (Phi) is 7.12. The van der Waals surface area contributed by atoms with Gasteiger partial charge in [-0.2, -0.15) is 0 Å². The molecule has 3 heterocycles. The number of imide groups is 1. The summed E-state index contributed by atoms with van der Waals surface area (Å²) in [5.41, 5.74) is 5.89. The molecular weight excluding hydrogens is 528 g/mol. The number of likely N-dealkylation sites (tertiary alicyclic amines) is 1. The SMILES string of the molecule is Cc1ccc(C(=O)Nc2ccc(C3CCN(C(=O)c4ccc(N5C(=O)c6ccccc6C5=O)cc4)CC3)cc2)nc1C. The van der Waals surface area contributed by atoms with Crippen molar-refractivity contribution in [2.24, 2.45) is 0 Å². The Morgan fingerprint density at radius 3 is 2.00 bits per heavy atom. The van der Waals surface area contributed by atoms with Crippen molar-refractivity contribution in [2.45, 2.75) is 32.6 Å². The van der Waals surface area contributed by atoms with Crippen molar-refractivity contribution in [3.63, 3.8) is 0 Å². The minimum absolute atomic E-state index is 0.0691. The normalized spacial score (nSPS) is 15.1. The molecule has 0 bridgehead atoms. The highest BCUT2D eigenvalue weighted by molar-refractivity contribution is 6.34. The van der Waals surface area contributed by atoms with Gasteiger partial charge in [0.05, 0.1) is 16.8 Å². The number of pyridine rings is 1. The van der Waals surface area contributed by atoms with E-state index in [1.54, 1.807) is 54.6 Å². The largest absolute Gasteiger partial charge is 0.339 e. The van der Waals surface area contributed by atoms with E-state index in [1.165, 1.54) is 5.56 Å². The quantitative estimate of drug-likeness (QED) is 0.314. The van der Waals surface area contributed by atoms with Crippen LogP contribution in [-0.4, -0.2) is 46.6 Å². The number of carbonyl (C=O) groups is 4. The Morgan fingerprint density at radius 2 is 1.40 bits per heavy atom. The lowest BCUT2D eigenvalue weighted by Gasteiger charge is -2.32. The van der Waals surface area contributed by atoms with Crippen LogP contribution in [-0.2, 0) is 0 Å². The van der Waals surface area contributed by atoms with E-state index in [4.69, 9.17) is 0 Å². The van der Waals surface area contributed by atoms with Crippen molar-refractivity contribution in [1.82, 2.24) is 9.88 Å². The number of nitrogens with zero attached hydrogens (tertiary/aromatic N) is 3. The number of anilines is 2. The number of aromatic nitrogens is 1. The molecule has 1 saturated heterocycles. The van der Waals surface area contributed by atoms with Crippen molar-refractivity contribution in [3.05, 3.63) is 124 Å². The Balaban J connectivity index is 1.04. The molecule has 0 spiro atoms. The number of rotatable bonds is 5. The highest BCUT2D eigenvalue weighted by atomic mass is 16.2. The van der Waals surface area contributed by atoms with Crippen LogP contribution < -0.4 is 10.2 Å². The van der Waals surface area contributed by atoms with Gasteiger partial charge in [-0.25, -0.2) is 9.88 Å². The van der Waals surface area contributed by atoms with Gasteiger partial charge in [-0.1, -0.05) is 30.3 Å². The monoisotopic (exact) mass is 558 g/mol. The first-order chi connectivity index (χ1) is 20.3. The number of piperidine rings is 1. The summed E-state index contributed by atoms with van der Waals surface area (Å²) in [6.45, 7) is 5.10. The molecule has 2 aliphatic heterocycles. The van der Waals surface area contributed by atoms with Gasteiger partial charge in [0.25, 0.3) is 23.6 Å². The zero-order valence-corrected chi connectivity index (χ0v) is 23.5. The number of aryl methyl sites for hydroxylation is 2. The van der Waals surface area contributed by atoms with E-state index in [0.717, 1.165) is 29.0 Å². The van der Waals surface area contributed by atoms with E-state index >= 15 is 0 Å². The predicted octanol–water partition coefficient (Wildman–Crippen LogP) is 5.77. The number of hydrogen-bond acceptors (Lipinski definition) is 5. The van der Waals surface area contributed by atoms with E-state index in [9.17, 15) is 19.2 Å². The van der Waals surface area contributed by atoms with E-state index < -0.39 is 0 Å². The van der Waals surface area contributed by atoms with Crippen molar-refractivity contribution in [3.8, 4) is 0 Å². The molecule has 1 fully saturated rings. The van der Waals surface area contributed by atoms with E-state index in [1.807, 2.05) is 49.1 Å². The number of hydrogen-bond donors (Lipinski definition) is 1. The van der Waals surface area contributed by atoms with Gasteiger partial charge in [0.1, 0.15) is 5.69 Å². The van der Waals surface area contributed by atoms with Crippen LogP contribution in [0.2, 0.25) is 0 Å². The van der Waals surface area contributed by atoms with Gasteiger partial charge in [-0.05, 0) is 98.3 Å². The molecule has 0 saturated carbocycles. The molecule has 3 aromatic carbocycles. The lowest BCUT2D eigenvalue weighted by atomic mass is 9.89. The van der Waals surface area contributed by atoms with Crippen LogP contribution in [0.3, 0.4) is 0 Å². The molecule has 0 aliphatic carbocycles. The maximum absolute atomic E-state index is 13.2. The Labute approximate surface area is 244 Å². The van der Waals surface area contributed by atoms with Crippen molar-refractivity contribution < 1.29 is 19.2 Å². The lowest BCUT2D eigenvalue weighted by Crippen LogP contribution is -2.38. The zero-order valence-electron chi connectivity index (χ0n) is 23.5. The second-order valence-electron chi connectivity index (χ2n) is 10.8. The fraction of sp³-hybridized carbons (Fsp3) is 0.206. The van der Waals surface area contributed by atoms with Crippen LogP contribution >= 0.6 is 0 Å². The van der Waals surface area contributed by atoms with E-state index in [-0.39, 0.29) is 23.6 Å². The molecule has 42 heavy (non-hydrogen) atoms. The van der Waals surface area contributed by atoms with Gasteiger partial charge in [0.2, 0.25) is 0 Å². The van der Waals surface area contributed by atoms with Crippen LogP contribution in [0.25, 0.3) is 0 Å². The first-order valence-electron chi connectivity index (χ1n) is 14.0. The molecule has 8 heteroatoms. The number of carbonyl (C=O) groups excluding carboxylic acids is 4. The fourth-order valence-corrected chi connectivity index (χ4v) is 5.57. The average Bonchev–Trinajstić information content (AvgIpc) is 3.28. The predicted molar refractivity (Wildman–Crippen MR) is 160 cm³/mol. The van der Waals surface area contributed by atoms with Gasteiger partial charge < -0.3 is 10.2 Å². The smallest absolute Gasteiger partial charge is 0.274 e. The summed E-state index contributed by atoms with van der Waals surface area (Å²) < 4.78 is 0. The molecule has 6 rings (SSSR count). The van der Waals surface area contributed by atoms with Gasteiger partial charge in [-0.3, -0.25) is 19.2 Å². The summed E-state index contributed by atoms with van der Waals surface area (Å²) in [7, 11) is 0. The van der Waals surface area contributed by atoms with E-state index in [0.29, 0.717) is 52.8 Å². The topological polar surface area (TPSA) is 99.7 Å². The number of amides is 4. The highest BCUT2D eigenvalue weighted by Gasteiger charge is 2.36. The minimum atomic E-state index is -0.356. The standard InChI is InChI=1S/C34H30N4O4/c1-21-7-16-30(35-22(21)2)31(39)36-26-12-8-23(9-13-26)24-17-19-37(20-18-24)32(40)25-10-14-27(15-11-25)38-33(41)28-5-3-4-6-29(28)34(38)42/h3-16,24H,17-20H2,1-2H3,(H,36,39). The zero-order chi connectivity index (χ0) is 29.4. The molecule has 0 radical (unpaired) electrons. The summed E-state index contributed by atoms with van der Waals surface area (Å²) in [5.74, 6) is -0.706. The van der Waals surface area contributed by atoms with Gasteiger partial charge in [0, 0.05) is 30.0 Å².